The summed E-state index contributed by atoms with van der Waals surface area (Å²) in [7, 11) is -1.18. The van der Waals surface area contributed by atoms with Crippen LogP contribution in [0.4, 0.5) is 0 Å². The van der Waals surface area contributed by atoms with E-state index in [0.717, 1.165) is 56.8 Å². The fraction of sp³-hybridized carbons (Fsp3) is 0.611. The molecular weight excluding hydrogens is 354 g/mol. The van der Waals surface area contributed by atoms with Crippen LogP contribution in [0.15, 0.2) is 24.3 Å². The van der Waals surface area contributed by atoms with Crippen LogP contribution < -0.4 is 5.73 Å². The van der Waals surface area contributed by atoms with E-state index in [1.807, 2.05) is 12.1 Å². The Kier molecular flexibility index (Phi) is 11.5. The van der Waals surface area contributed by atoms with Gasteiger partial charge in [0.15, 0.2) is 0 Å². The van der Waals surface area contributed by atoms with Crippen molar-refractivity contribution in [2.24, 2.45) is 11.7 Å². The maximum Gasteiger partial charge on any atom is 0.451 e. The molecule has 1 aromatic carbocycles. The predicted octanol–water partition coefficient (Wildman–Crippen LogP) is 1.94. The van der Waals surface area contributed by atoms with Crippen molar-refractivity contribution in [2.75, 3.05) is 13.1 Å². The van der Waals surface area contributed by atoms with Crippen LogP contribution in [0.3, 0.4) is 0 Å². The first kappa shape index (κ1) is 22.8. The number of carbonyl (C=O) groups excluding carboxylic acids is 2. The summed E-state index contributed by atoms with van der Waals surface area (Å²) in [6, 6.07) is 8.32. The molecule has 1 saturated heterocycles. The van der Waals surface area contributed by atoms with E-state index < -0.39 is 7.12 Å². The van der Waals surface area contributed by atoms with E-state index in [2.05, 4.69) is 17.0 Å². The number of unbranched alkanes of at least 4 members (excludes halogenated alkanes) is 1. The Hall–Kier alpha value is -1.21. The fourth-order valence-electron chi connectivity index (χ4n) is 3.33. The van der Waals surface area contributed by atoms with Gasteiger partial charge in [-0.1, -0.05) is 36.6 Å². The smallest absolute Gasteiger partial charge is 0.427 e. The number of rotatable bonds is 8. The number of halogens is 1. The van der Waals surface area contributed by atoms with Gasteiger partial charge in [-0.2, -0.15) is 9.59 Å². The van der Waals surface area contributed by atoms with E-state index >= 15 is 0 Å². The first-order valence-corrected chi connectivity index (χ1v) is 9.41. The Bertz CT molecular complexity index is 530. The third kappa shape index (κ3) is 9.48. The van der Waals surface area contributed by atoms with E-state index in [9.17, 15) is 0 Å². The standard InChI is InChI=1S/C17H28BClN2O2.CO2/c19-16-6-4-14(5-7-16)13-21-11-8-15(9-12-21)17(20)3-1-2-10-18(22)23;2-1-3/h4-7,15,17,22-23H,1-3,8-13,20H2;. The second kappa shape index (κ2) is 13.0. The van der Waals surface area contributed by atoms with Gasteiger partial charge < -0.3 is 15.8 Å². The molecule has 1 aliphatic heterocycles. The summed E-state index contributed by atoms with van der Waals surface area (Å²) in [6.45, 7) is 3.17. The highest BCUT2D eigenvalue weighted by molar-refractivity contribution is 6.40. The van der Waals surface area contributed by atoms with Crippen LogP contribution in [0.25, 0.3) is 0 Å². The van der Waals surface area contributed by atoms with Crippen LogP contribution in [-0.4, -0.2) is 47.3 Å². The number of benzene rings is 1. The lowest BCUT2D eigenvalue weighted by atomic mass is 9.82. The molecule has 1 aliphatic rings. The minimum Gasteiger partial charge on any atom is -0.427 e. The molecule has 144 valence electrons. The van der Waals surface area contributed by atoms with Gasteiger partial charge in [0.25, 0.3) is 0 Å². The first-order valence-electron chi connectivity index (χ1n) is 9.04. The van der Waals surface area contributed by atoms with Crippen LogP contribution >= 0.6 is 11.6 Å². The lowest BCUT2D eigenvalue weighted by Gasteiger charge is -2.34. The van der Waals surface area contributed by atoms with Gasteiger partial charge in [-0.3, -0.25) is 4.90 Å². The van der Waals surface area contributed by atoms with E-state index in [4.69, 9.17) is 37.0 Å². The normalized spacial score (nSPS) is 16.3. The van der Waals surface area contributed by atoms with Crippen LogP contribution in [-0.2, 0) is 16.1 Å². The zero-order chi connectivity index (χ0) is 19.4. The van der Waals surface area contributed by atoms with Gasteiger partial charge in [0.05, 0.1) is 0 Å². The summed E-state index contributed by atoms with van der Waals surface area (Å²) in [4.78, 5) is 18.7. The molecule has 0 radical (unpaired) electrons. The highest BCUT2D eigenvalue weighted by Crippen LogP contribution is 2.24. The van der Waals surface area contributed by atoms with Crippen molar-refractivity contribution in [3.8, 4) is 0 Å². The molecular formula is C18H28BClN2O4. The molecule has 0 spiro atoms. The van der Waals surface area contributed by atoms with E-state index in [1.54, 1.807) is 0 Å². The van der Waals surface area contributed by atoms with Gasteiger partial charge in [-0.15, -0.1) is 0 Å². The molecule has 2 rings (SSSR count). The van der Waals surface area contributed by atoms with Crippen molar-refractivity contribution in [2.45, 2.75) is 51.0 Å². The van der Waals surface area contributed by atoms with Crippen molar-refractivity contribution in [1.29, 1.82) is 0 Å². The molecule has 26 heavy (non-hydrogen) atoms. The third-order valence-corrected chi connectivity index (χ3v) is 5.06. The lowest BCUT2D eigenvalue weighted by molar-refractivity contribution is -0.191. The summed E-state index contributed by atoms with van der Waals surface area (Å²) in [5.74, 6) is 0.593. The van der Waals surface area contributed by atoms with Gasteiger partial charge in [0.2, 0.25) is 0 Å². The number of likely N-dealkylation sites (tertiary alicyclic amines) is 1. The summed E-state index contributed by atoms with van der Waals surface area (Å²) < 4.78 is 0. The van der Waals surface area contributed by atoms with Gasteiger partial charge in [-0.05, 0) is 62.3 Å². The highest BCUT2D eigenvalue weighted by Gasteiger charge is 2.24. The molecule has 1 fully saturated rings. The monoisotopic (exact) mass is 382 g/mol. The minimum absolute atomic E-state index is 0.239. The molecule has 1 aromatic rings. The van der Waals surface area contributed by atoms with Crippen molar-refractivity contribution in [3.05, 3.63) is 34.9 Å². The number of nitrogens with zero attached hydrogens (tertiary/aromatic N) is 1. The first-order chi connectivity index (χ1) is 12.5. The molecule has 1 heterocycles. The molecule has 1 atom stereocenters. The van der Waals surface area contributed by atoms with Crippen molar-refractivity contribution >= 4 is 24.9 Å². The molecule has 8 heteroatoms. The van der Waals surface area contributed by atoms with Gasteiger partial charge in [0, 0.05) is 17.6 Å². The molecule has 0 saturated carbocycles. The summed E-state index contributed by atoms with van der Waals surface area (Å²) in [5.41, 5.74) is 7.63. The van der Waals surface area contributed by atoms with E-state index in [-0.39, 0.29) is 12.2 Å². The molecule has 0 bridgehead atoms. The van der Waals surface area contributed by atoms with E-state index in [1.165, 1.54) is 5.56 Å². The van der Waals surface area contributed by atoms with Gasteiger partial charge in [-0.25, -0.2) is 0 Å². The van der Waals surface area contributed by atoms with Crippen molar-refractivity contribution < 1.29 is 19.6 Å². The highest BCUT2D eigenvalue weighted by atomic mass is 35.5. The number of nitrogens with two attached hydrogens (primary N) is 1. The van der Waals surface area contributed by atoms with Crippen LogP contribution in [0.2, 0.25) is 11.3 Å². The molecule has 0 aromatic heterocycles. The summed E-state index contributed by atoms with van der Waals surface area (Å²) in [6.07, 6.45) is 5.79. The second-order valence-corrected chi connectivity index (χ2v) is 7.19. The van der Waals surface area contributed by atoms with Gasteiger partial charge in [0.1, 0.15) is 0 Å². The predicted molar refractivity (Wildman–Crippen MR) is 101 cm³/mol. The number of hydrogen-bond acceptors (Lipinski definition) is 6. The minimum atomic E-state index is -1.18. The maximum absolute atomic E-state index is 8.84. The second-order valence-electron chi connectivity index (χ2n) is 6.75. The van der Waals surface area contributed by atoms with Crippen LogP contribution in [0.1, 0.15) is 37.7 Å². The Morgan fingerprint density at radius 3 is 2.31 bits per heavy atom. The largest absolute Gasteiger partial charge is 0.451 e. The summed E-state index contributed by atoms with van der Waals surface area (Å²) in [5, 5.41) is 18.5. The Labute approximate surface area is 160 Å². The van der Waals surface area contributed by atoms with Crippen LogP contribution in [0, 0.1) is 5.92 Å². The third-order valence-electron chi connectivity index (χ3n) is 4.81. The van der Waals surface area contributed by atoms with Crippen molar-refractivity contribution in [3.63, 3.8) is 0 Å². The molecule has 6 nitrogen and oxygen atoms in total. The molecule has 1 unspecified atom stereocenters. The maximum atomic E-state index is 8.84. The van der Waals surface area contributed by atoms with Gasteiger partial charge >= 0.3 is 13.3 Å². The summed E-state index contributed by atoms with van der Waals surface area (Å²) >= 11 is 5.92. The average Bonchev–Trinajstić information content (AvgIpc) is 2.62. The zero-order valence-corrected chi connectivity index (χ0v) is 15.8. The molecule has 4 N–H and O–H groups in total. The topological polar surface area (TPSA) is 104 Å². The number of piperidine rings is 1. The Morgan fingerprint density at radius 2 is 1.77 bits per heavy atom. The molecule has 0 amide bonds. The van der Waals surface area contributed by atoms with Crippen LogP contribution in [0.5, 0.6) is 0 Å². The quantitative estimate of drug-likeness (QED) is 0.469. The zero-order valence-electron chi connectivity index (χ0n) is 15.0. The Morgan fingerprint density at radius 1 is 1.19 bits per heavy atom. The number of hydrogen-bond donors (Lipinski definition) is 3. The Balaban J connectivity index is 0.00000105. The SMILES string of the molecule is NC(CCCCB(O)O)C1CCN(Cc2ccc(Cl)cc2)CC1.O=C=O. The average molecular weight is 383 g/mol. The molecule has 0 aliphatic carbocycles. The van der Waals surface area contributed by atoms with E-state index in [0.29, 0.717) is 12.2 Å². The van der Waals surface area contributed by atoms with Crippen molar-refractivity contribution in [1.82, 2.24) is 4.90 Å². The fourth-order valence-corrected chi connectivity index (χ4v) is 3.46. The lowest BCUT2D eigenvalue weighted by Crippen LogP contribution is -2.40.